The van der Waals surface area contributed by atoms with Crippen LogP contribution in [0.2, 0.25) is 0 Å². The van der Waals surface area contributed by atoms with Crippen molar-refractivity contribution in [3.05, 3.63) is 51.6 Å². The van der Waals surface area contributed by atoms with Crippen molar-refractivity contribution < 1.29 is 13.6 Å². The molecule has 5 nitrogen and oxygen atoms in total. The van der Waals surface area contributed by atoms with Crippen molar-refractivity contribution >= 4 is 44.9 Å². The number of nitrogens with zero attached hydrogens (tertiary/aromatic N) is 2. The Hall–Kier alpha value is -2.26. The van der Waals surface area contributed by atoms with Gasteiger partial charge in [-0.25, -0.2) is 13.8 Å². The maximum absolute atomic E-state index is 13.2. The van der Waals surface area contributed by atoms with Crippen molar-refractivity contribution in [3.8, 4) is 0 Å². The largest absolute Gasteiger partial charge is 0.325 e. The summed E-state index contributed by atoms with van der Waals surface area (Å²) >= 11 is 2.47. The molecule has 1 aromatic carbocycles. The van der Waals surface area contributed by atoms with E-state index >= 15 is 0 Å². The third-order valence-electron chi connectivity index (χ3n) is 3.50. The molecule has 1 N–H and O–H groups in total. The van der Waals surface area contributed by atoms with Gasteiger partial charge in [-0.1, -0.05) is 11.8 Å². The second-order valence-corrected chi connectivity index (χ2v) is 7.48. The van der Waals surface area contributed by atoms with E-state index in [1.165, 1.54) is 22.0 Å². The normalized spacial score (nSPS) is 12.3. The van der Waals surface area contributed by atoms with E-state index in [0.29, 0.717) is 15.4 Å². The van der Waals surface area contributed by atoms with Crippen molar-refractivity contribution in [3.63, 3.8) is 0 Å². The Labute approximate surface area is 149 Å². The standard InChI is InChI=1S/C16H13F2N3O2S2/c1-8(13(22)19-9-3-4-11(17)12(18)7-9)25-16-20-14-10(5-6-24-14)15(23)21(16)2/h3-8H,1-2H3,(H,19,22). The van der Waals surface area contributed by atoms with Gasteiger partial charge in [0.15, 0.2) is 16.8 Å². The van der Waals surface area contributed by atoms with Crippen LogP contribution in [0.5, 0.6) is 0 Å². The number of hydrogen-bond acceptors (Lipinski definition) is 5. The minimum absolute atomic E-state index is 0.159. The summed E-state index contributed by atoms with van der Waals surface area (Å²) in [5.41, 5.74) is -0.0196. The maximum atomic E-state index is 13.2. The van der Waals surface area contributed by atoms with Crippen molar-refractivity contribution in [1.82, 2.24) is 9.55 Å². The first-order valence-electron chi connectivity index (χ1n) is 7.23. The van der Waals surface area contributed by atoms with E-state index in [0.717, 1.165) is 23.9 Å². The highest BCUT2D eigenvalue weighted by Crippen LogP contribution is 2.25. The van der Waals surface area contributed by atoms with Crippen molar-refractivity contribution in [2.45, 2.75) is 17.3 Å². The molecule has 0 saturated carbocycles. The highest BCUT2D eigenvalue weighted by atomic mass is 32.2. The molecule has 1 atom stereocenters. The van der Waals surface area contributed by atoms with Crippen LogP contribution in [-0.4, -0.2) is 20.7 Å². The number of fused-ring (bicyclic) bond motifs is 1. The van der Waals surface area contributed by atoms with Crippen LogP contribution < -0.4 is 10.9 Å². The van der Waals surface area contributed by atoms with Crippen LogP contribution in [0.4, 0.5) is 14.5 Å². The second-order valence-electron chi connectivity index (χ2n) is 5.28. The fourth-order valence-electron chi connectivity index (χ4n) is 2.11. The van der Waals surface area contributed by atoms with E-state index in [1.807, 2.05) is 0 Å². The van der Waals surface area contributed by atoms with E-state index in [9.17, 15) is 18.4 Å². The molecular weight excluding hydrogens is 368 g/mol. The lowest BCUT2D eigenvalue weighted by molar-refractivity contribution is -0.115. The molecular formula is C16H13F2N3O2S2. The van der Waals surface area contributed by atoms with Gasteiger partial charge < -0.3 is 5.32 Å². The highest BCUT2D eigenvalue weighted by molar-refractivity contribution is 8.00. The van der Waals surface area contributed by atoms with Crippen molar-refractivity contribution in [2.24, 2.45) is 7.05 Å². The van der Waals surface area contributed by atoms with Gasteiger partial charge in [-0.2, -0.15) is 0 Å². The molecule has 3 aromatic rings. The topological polar surface area (TPSA) is 64.0 Å². The van der Waals surface area contributed by atoms with Crippen LogP contribution in [0, 0.1) is 11.6 Å². The first-order valence-corrected chi connectivity index (χ1v) is 8.99. The molecule has 130 valence electrons. The molecule has 0 aliphatic carbocycles. The highest BCUT2D eigenvalue weighted by Gasteiger charge is 2.19. The quantitative estimate of drug-likeness (QED) is 0.556. The number of rotatable bonds is 4. The van der Waals surface area contributed by atoms with Crippen LogP contribution in [0.25, 0.3) is 10.2 Å². The molecule has 0 aliphatic rings. The molecule has 25 heavy (non-hydrogen) atoms. The van der Waals surface area contributed by atoms with Gasteiger partial charge >= 0.3 is 0 Å². The number of carbonyl (C=O) groups is 1. The summed E-state index contributed by atoms with van der Waals surface area (Å²) in [6.07, 6.45) is 0. The Bertz CT molecular complexity index is 1020. The number of benzene rings is 1. The van der Waals surface area contributed by atoms with Crippen LogP contribution in [0.1, 0.15) is 6.92 Å². The van der Waals surface area contributed by atoms with Crippen molar-refractivity contribution in [1.29, 1.82) is 0 Å². The molecule has 9 heteroatoms. The number of carbonyl (C=O) groups excluding carboxylic acids is 1. The van der Waals surface area contributed by atoms with Gasteiger partial charge in [0, 0.05) is 18.8 Å². The summed E-state index contributed by atoms with van der Waals surface area (Å²) in [6.45, 7) is 1.64. The molecule has 3 rings (SSSR count). The van der Waals surface area contributed by atoms with Gasteiger partial charge in [-0.05, 0) is 30.5 Å². The number of hydrogen-bond donors (Lipinski definition) is 1. The summed E-state index contributed by atoms with van der Waals surface area (Å²) < 4.78 is 27.5. The molecule has 0 aliphatic heterocycles. The van der Waals surface area contributed by atoms with E-state index in [4.69, 9.17) is 0 Å². The number of thiophene rings is 1. The lowest BCUT2D eigenvalue weighted by atomic mass is 10.3. The number of thioether (sulfide) groups is 1. The Morgan fingerprint density at radius 1 is 1.32 bits per heavy atom. The first-order chi connectivity index (χ1) is 11.9. The smallest absolute Gasteiger partial charge is 0.262 e. The molecule has 0 saturated heterocycles. The van der Waals surface area contributed by atoms with Gasteiger partial charge in [-0.3, -0.25) is 14.2 Å². The van der Waals surface area contributed by atoms with E-state index in [1.54, 1.807) is 25.4 Å². The Morgan fingerprint density at radius 3 is 2.80 bits per heavy atom. The molecule has 0 spiro atoms. The average molecular weight is 381 g/mol. The van der Waals surface area contributed by atoms with Crippen LogP contribution in [-0.2, 0) is 11.8 Å². The first kappa shape index (κ1) is 17.6. The average Bonchev–Trinajstić information content (AvgIpc) is 3.04. The number of halogens is 2. The van der Waals surface area contributed by atoms with Crippen molar-refractivity contribution in [2.75, 3.05) is 5.32 Å². The monoisotopic (exact) mass is 381 g/mol. The third-order valence-corrected chi connectivity index (χ3v) is 5.45. The summed E-state index contributed by atoms with van der Waals surface area (Å²) in [6, 6.07) is 4.84. The molecule has 1 amide bonds. The fourth-order valence-corrected chi connectivity index (χ4v) is 3.79. The minimum Gasteiger partial charge on any atom is -0.325 e. The second kappa shape index (κ2) is 6.93. The molecule has 2 heterocycles. The van der Waals surface area contributed by atoms with Gasteiger partial charge in [0.05, 0.1) is 10.6 Å². The predicted molar refractivity (Wildman–Crippen MR) is 95.2 cm³/mol. The van der Waals surface area contributed by atoms with E-state index < -0.39 is 22.8 Å². The molecule has 0 radical (unpaired) electrons. The minimum atomic E-state index is -1.04. The zero-order valence-corrected chi connectivity index (χ0v) is 14.9. The van der Waals surface area contributed by atoms with Crippen LogP contribution in [0.15, 0.2) is 39.6 Å². The SMILES string of the molecule is CC(Sc1nc2sccc2c(=O)n1C)C(=O)Nc1ccc(F)c(F)c1. The predicted octanol–water partition coefficient (Wildman–Crippen LogP) is 3.39. The molecule has 0 bridgehead atoms. The van der Waals surface area contributed by atoms with Gasteiger partial charge in [0.25, 0.3) is 5.56 Å². The number of amides is 1. The zero-order valence-electron chi connectivity index (χ0n) is 13.2. The van der Waals surface area contributed by atoms with E-state index in [-0.39, 0.29) is 11.2 Å². The Morgan fingerprint density at radius 2 is 2.08 bits per heavy atom. The number of anilines is 1. The Kier molecular flexibility index (Phi) is 4.87. The fraction of sp³-hybridized carbons (Fsp3) is 0.188. The lowest BCUT2D eigenvalue weighted by Gasteiger charge is -2.13. The molecule has 2 aromatic heterocycles. The molecule has 1 unspecified atom stereocenters. The van der Waals surface area contributed by atoms with Crippen LogP contribution in [0.3, 0.4) is 0 Å². The summed E-state index contributed by atoms with van der Waals surface area (Å²) in [7, 11) is 1.59. The summed E-state index contributed by atoms with van der Waals surface area (Å²) in [4.78, 5) is 29.5. The Balaban J connectivity index is 1.78. The summed E-state index contributed by atoms with van der Waals surface area (Å²) in [5.74, 6) is -2.43. The molecule has 0 fully saturated rings. The number of nitrogens with one attached hydrogen (secondary N) is 1. The van der Waals surface area contributed by atoms with E-state index in [2.05, 4.69) is 10.3 Å². The summed E-state index contributed by atoms with van der Waals surface area (Å²) in [5, 5.41) is 4.66. The lowest BCUT2D eigenvalue weighted by Crippen LogP contribution is -2.25. The zero-order chi connectivity index (χ0) is 18.1. The maximum Gasteiger partial charge on any atom is 0.262 e. The van der Waals surface area contributed by atoms with Gasteiger partial charge in [-0.15, -0.1) is 11.3 Å². The third kappa shape index (κ3) is 3.57. The number of aromatic nitrogens is 2. The van der Waals surface area contributed by atoms with Crippen LogP contribution >= 0.6 is 23.1 Å². The van der Waals surface area contributed by atoms with Gasteiger partial charge in [0.1, 0.15) is 4.83 Å². The van der Waals surface area contributed by atoms with Gasteiger partial charge in [0.2, 0.25) is 5.91 Å².